The molecule has 0 aromatic heterocycles. The first-order chi connectivity index (χ1) is 9.65. The molecular formula is C16H21F2NO. The predicted molar refractivity (Wildman–Crippen MR) is 73.8 cm³/mol. The van der Waals surface area contributed by atoms with Gasteiger partial charge in [-0.1, -0.05) is 19.3 Å². The molecule has 1 aromatic rings. The van der Waals surface area contributed by atoms with Gasteiger partial charge in [0.2, 0.25) is 0 Å². The van der Waals surface area contributed by atoms with Crippen molar-refractivity contribution in [3.8, 4) is 5.75 Å². The lowest BCUT2D eigenvalue weighted by molar-refractivity contribution is -0.102. The van der Waals surface area contributed by atoms with E-state index < -0.39 is 11.6 Å². The smallest absolute Gasteiger partial charge is 0.167 e. The summed E-state index contributed by atoms with van der Waals surface area (Å²) < 4.78 is 32.5. The molecule has 1 spiro atoms. The van der Waals surface area contributed by atoms with E-state index in [-0.39, 0.29) is 17.3 Å². The van der Waals surface area contributed by atoms with E-state index in [1.54, 1.807) is 0 Å². The molecule has 2 aliphatic carbocycles. The van der Waals surface area contributed by atoms with Crippen LogP contribution in [-0.2, 0) is 0 Å². The Hall–Kier alpha value is -1.16. The minimum atomic E-state index is -0.608. The van der Waals surface area contributed by atoms with Crippen molar-refractivity contribution in [1.29, 1.82) is 0 Å². The fourth-order valence-electron chi connectivity index (χ4n) is 3.92. The Balaban J connectivity index is 1.77. The van der Waals surface area contributed by atoms with Gasteiger partial charge in [-0.2, -0.15) is 0 Å². The second-order valence-electron chi connectivity index (χ2n) is 6.05. The second kappa shape index (κ2) is 5.32. The minimum absolute atomic E-state index is 0.0419. The van der Waals surface area contributed by atoms with E-state index in [9.17, 15) is 8.78 Å². The van der Waals surface area contributed by atoms with Crippen molar-refractivity contribution in [3.63, 3.8) is 0 Å². The quantitative estimate of drug-likeness (QED) is 0.913. The van der Waals surface area contributed by atoms with E-state index in [1.807, 2.05) is 7.05 Å². The van der Waals surface area contributed by atoms with E-state index in [2.05, 4.69) is 5.32 Å². The lowest BCUT2D eigenvalue weighted by Crippen LogP contribution is -2.64. The van der Waals surface area contributed by atoms with Gasteiger partial charge in [-0.05, 0) is 32.0 Å². The summed E-state index contributed by atoms with van der Waals surface area (Å²) in [5.41, 5.74) is 0.133. The number of hydrogen-bond donors (Lipinski definition) is 1. The Morgan fingerprint density at radius 2 is 1.95 bits per heavy atom. The topological polar surface area (TPSA) is 21.3 Å². The third-order valence-electron chi connectivity index (χ3n) is 5.08. The summed E-state index contributed by atoms with van der Waals surface area (Å²) in [4.78, 5) is 0. The molecule has 0 radical (unpaired) electrons. The van der Waals surface area contributed by atoms with Crippen LogP contribution in [0.2, 0.25) is 0 Å². The molecule has 2 aliphatic rings. The molecule has 2 atom stereocenters. The Morgan fingerprint density at radius 1 is 1.20 bits per heavy atom. The van der Waals surface area contributed by atoms with Crippen molar-refractivity contribution in [2.75, 3.05) is 7.05 Å². The summed E-state index contributed by atoms with van der Waals surface area (Å²) in [7, 11) is 1.98. The summed E-state index contributed by atoms with van der Waals surface area (Å²) in [5.74, 6) is -0.997. The first kappa shape index (κ1) is 13.8. The number of ether oxygens (including phenoxy) is 1. The van der Waals surface area contributed by atoms with Gasteiger partial charge in [0.05, 0.1) is 0 Å². The Morgan fingerprint density at radius 3 is 2.60 bits per heavy atom. The highest BCUT2D eigenvalue weighted by Crippen LogP contribution is 2.53. The monoisotopic (exact) mass is 281 g/mol. The van der Waals surface area contributed by atoms with Crippen LogP contribution in [0.4, 0.5) is 8.78 Å². The Labute approximate surface area is 118 Å². The molecule has 0 heterocycles. The fourth-order valence-corrected chi connectivity index (χ4v) is 3.92. The number of halogens is 2. The number of benzene rings is 1. The van der Waals surface area contributed by atoms with E-state index in [0.29, 0.717) is 6.04 Å². The SMILES string of the molecule is CNC1CC(Oc2ccc(F)cc2F)C12CCCCC2. The van der Waals surface area contributed by atoms with Crippen LogP contribution in [0, 0.1) is 17.0 Å². The number of nitrogens with one attached hydrogen (secondary N) is 1. The third kappa shape index (κ3) is 2.20. The van der Waals surface area contributed by atoms with E-state index >= 15 is 0 Å². The van der Waals surface area contributed by atoms with Crippen molar-refractivity contribution >= 4 is 0 Å². The van der Waals surface area contributed by atoms with Crippen LogP contribution in [0.25, 0.3) is 0 Å². The highest BCUT2D eigenvalue weighted by Gasteiger charge is 2.56. The normalized spacial score (nSPS) is 28.1. The van der Waals surface area contributed by atoms with Gasteiger partial charge in [0.15, 0.2) is 11.6 Å². The van der Waals surface area contributed by atoms with E-state index in [0.717, 1.165) is 25.3 Å². The first-order valence-corrected chi connectivity index (χ1v) is 7.45. The molecule has 2 nitrogen and oxygen atoms in total. The van der Waals surface area contributed by atoms with Gasteiger partial charge in [0, 0.05) is 23.9 Å². The molecular weight excluding hydrogens is 260 g/mol. The second-order valence-corrected chi connectivity index (χ2v) is 6.05. The molecule has 0 amide bonds. The van der Waals surface area contributed by atoms with Crippen LogP contribution in [0.5, 0.6) is 5.75 Å². The van der Waals surface area contributed by atoms with Crippen molar-refractivity contribution < 1.29 is 13.5 Å². The summed E-state index contributed by atoms with van der Waals surface area (Å²) in [5, 5.41) is 3.37. The molecule has 0 saturated heterocycles. The average Bonchev–Trinajstić information content (AvgIpc) is 2.45. The molecule has 0 bridgehead atoms. The highest BCUT2D eigenvalue weighted by atomic mass is 19.1. The molecule has 0 aliphatic heterocycles. The van der Waals surface area contributed by atoms with Crippen LogP contribution in [-0.4, -0.2) is 19.2 Å². The molecule has 3 rings (SSSR count). The zero-order chi connectivity index (χ0) is 14.2. The summed E-state index contributed by atoms with van der Waals surface area (Å²) >= 11 is 0. The predicted octanol–water partition coefficient (Wildman–Crippen LogP) is 3.65. The molecule has 2 unspecified atom stereocenters. The Bertz CT molecular complexity index is 485. The van der Waals surface area contributed by atoms with Crippen LogP contribution >= 0.6 is 0 Å². The van der Waals surface area contributed by atoms with Crippen LogP contribution in [0.1, 0.15) is 38.5 Å². The fraction of sp³-hybridized carbons (Fsp3) is 0.625. The Kier molecular flexibility index (Phi) is 3.67. The molecule has 4 heteroatoms. The lowest BCUT2D eigenvalue weighted by atomic mass is 9.55. The van der Waals surface area contributed by atoms with Crippen LogP contribution in [0.15, 0.2) is 18.2 Å². The summed E-state index contributed by atoms with van der Waals surface area (Å²) in [6.07, 6.45) is 6.90. The van der Waals surface area contributed by atoms with Crippen molar-refractivity contribution in [3.05, 3.63) is 29.8 Å². The van der Waals surface area contributed by atoms with Gasteiger partial charge in [0.25, 0.3) is 0 Å². The van der Waals surface area contributed by atoms with Gasteiger partial charge >= 0.3 is 0 Å². The van der Waals surface area contributed by atoms with Gasteiger partial charge in [0.1, 0.15) is 11.9 Å². The van der Waals surface area contributed by atoms with Crippen LogP contribution in [0.3, 0.4) is 0 Å². The largest absolute Gasteiger partial charge is 0.487 e. The van der Waals surface area contributed by atoms with Gasteiger partial charge in [-0.25, -0.2) is 8.78 Å². The average molecular weight is 281 g/mol. The van der Waals surface area contributed by atoms with Crippen molar-refractivity contribution in [2.24, 2.45) is 5.41 Å². The molecule has 2 fully saturated rings. The molecule has 1 N–H and O–H groups in total. The lowest BCUT2D eigenvalue weighted by Gasteiger charge is -2.57. The van der Waals surface area contributed by atoms with Crippen molar-refractivity contribution in [1.82, 2.24) is 5.32 Å². The zero-order valence-electron chi connectivity index (χ0n) is 11.8. The molecule has 110 valence electrons. The van der Waals surface area contributed by atoms with Gasteiger partial charge in [-0.3, -0.25) is 0 Å². The standard InChI is InChI=1S/C16H21F2NO/c1-19-14-10-15(16(14)7-3-2-4-8-16)20-13-6-5-11(17)9-12(13)18/h5-6,9,14-15,19H,2-4,7-8,10H2,1H3. The summed E-state index contributed by atoms with van der Waals surface area (Å²) in [6, 6.07) is 3.99. The third-order valence-corrected chi connectivity index (χ3v) is 5.08. The summed E-state index contributed by atoms with van der Waals surface area (Å²) in [6.45, 7) is 0. The zero-order valence-corrected chi connectivity index (χ0v) is 11.8. The van der Waals surface area contributed by atoms with Gasteiger partial charge < -0.3 is 10.1 Å². The van der Waals surface area contributed by atoms with Gasteiger partial charge in [-0.15, -0.1) is 0 Å². The maximum absolute atomic E-state index is 13.7. The maximum Gasteiger partial charge on any atom is 0.167 e. The van der Waals surface area contributed by atoms with E-state index in [1.165, 1.54) is 31.4 Å². The number of rotatable bonds is 3. The van der Waals surface area contributed by atoms with Crippen molar-refractivity contribution in [2.45, 2.75) is 50.7 Å². The molecule has 20 heavy (non-hydrogen) atoms. The highest BCUT2D eigenvalue weighted by molar-refractivity contribution is 5.26. The maximum atomic E-state index is 13.7. The van der Waals surface area contributed by atoms with Crippen LogP contribution < -0.4 is 10.1 Å². The first-order valence-electron chi connectivity index (χ1n) is 7.45. The molecule has 2 saturated carbocycles. The number of hydrogen-bond acceptors (Lipinski definition) is 2. The minimum Gasteiger partial charge on any atom is -0.487 e. The molecule has 1 aromatic carbocycles. The van der Waals surface area contributed by atoms with E-state index in [4.69, 9.17) is 4.74 Å².